The molecule has 0 N–H and O–H groups in total. The van der Waals surface area contributed by atoms with Crippen LogP contribution >= 0.6 is 11.3 Å². The molecule has 1 aliphatic heterocycles. The first-order valence-electron chi connectivity index (χ1n) is 8.14. The normalized spacial score (nSPS) is 17.5. The van der Waals surface area contributed by atoms with E-state index in [1.165, 1.54) is 11.3 Å². The molecule has 0 aromatic carbocycles. The Bertz CT molecular complexity index is 783. The molecule has 0 bridgehead atoms. The zero-order valence-corrected chi connectivity index (χ0v) is 15.9. The molecule has 132 valence electrons. The predicted molar refractivity (Wildman–Crippen MR) is 93.7 cm³/mol. The molecule has 8 heteroatoms. The van der Waals surface area contributed by atoms with E-state index in [1.807, 2.05) is 26.8 Å². The van der Waals surface area contributed by atoms with Crippen molar-refractivity contribution in [3.63, 3.8) is 0 Å². The molecule has 0 radical (unpaired) electrons. The molecule has 3 rings (SSSR count). The number of aromatic nitrogens is 1. The van der Waals surface area contributed by atoms with Crippen molar-refractivity contribution < 1.29 is 12.9 Å². The topological polar surface area (TPSA) is 66.7 Å². The number of piperazine rings is 1. The summed E-state index contributed by atoms with van der Waals surface area (Å²) in [5.74, 6) is 0.841. The second kappa shape index (κ2) is 6.95. The van der Waals surface area contributed by atoms with Crippen LogP contribution in [0.3, 0.4) is 0 Å². The first kappa shape index (κ1) is 17.6. The van der Waals surface area contributed by atoms with Crippen LogP contribution in [0.2, 0.25) is 0 Å². The fourth-order valence-electron chi connectivity index (χ4n) is 2.89. The van der Waals surface area contributed by atoms with Crippen LogP contribution in [0, 0.1) is 13.8 Å². The van der Waals surface area contributed by atoms with Gasteiger partial charge in [0.1, 0.15) is 9.97 Å². The lowest BCUT2D eigenvalue weighted by molar-refractivity contribution is 0.181. The minimum Gasteiger partial charge on any atom is -0.361 e. The van der Waals surface area contributed by atoms with Gasteiger partial charge in [-0.05, 0) is 32.4 Å². The lowest BCUT2D eigenvalue weighted by atomic mass is 10.2. The summed E-state index contributed by atoms with van der Waals surface area (Å²) in [6, 6.07) is 3.64. The minimum absolute atomic E-state index is 0.457. The van der Waals surface area contributed by atoms with Gasteiger partial charge in [-0.25, -0.2) is 8.42 Å². The Hall–Kier alpha value is -1.22. The molecule has 0 amide bonds. The average Bonchev–Trinajstić information content (AvgIpc) is 3.18. The van der Waals surface area contributed by atoms with E-state index in [0.717, 1.165) is 47.9 Å². The van der Waals surface area contributed by atoms with Crippen LogP contribution in [0.1, 0.15) is 28.8 Å². The summed E-state index contributed by atoms with van der Waals surface area (Å²) in [6.45, 7) is 9.12. The summed E-state index contributed by atoms with van der Waals surface area (Å²) < 4.78 is 32.7. The van der Waals surface area contributed by atoms with Gasteiger partial charge in [-0.3, -0.25) is 4.90 Å². The number of thiophene rings is 1. The monoisotopic (exact) mass is 369 g/mol. The molecule has 1 aliphatic rings. The number of hydrogen-bond donors (Lipinski definition) is 0. The van der Waals surface area contributed by atoms with Crippen molar-refractivity contribution in [2.75, 3.05) is 26.2 Å². The van der Waals surface area contributed by atoms with Gasteiger partial charge < -0.3 is 4.52 Å². The highest BCUT2D eigenvalue weighted by Gasteiger charge is 2.30. The molecular formula is C16H23N3O3S2. The highest BCUT2D eigenvalue weighted by Crippen LogP contribution is 2.26. The third-order valence-corrected chi connectivity index (χ3v) is 8.07. The van der Waals surface area contributed by atoms with Crippen molar-refractivity contribution in [2.24, 2.45) is 0 Å². The van der Waals surface area contributed by atoms with Crippen molar-refractivity contribution in [3.8, 4) is 0 Å². The molecular weight excluding hydrogens is 346 g/mol. The Labute approximate surface area is 147 Å². The van der Waals surface area contributed by atoms with E-state index < -0.39 is 10.0 Å². The van der Waals surface area contributed by atoms with Crippen molar-refractivity contribution >= 4 is 21.4 Å². The Morgan fingerprint density at radius 1 is 1.21 bits per heavy atom. The van der Waals surface area contributed by atoms with Gasteiger partial charge in [0.15, 0.2) is 0 Å². The SMILES string of the molecule is CCc1ccc(S(=O)(=O)N2CCN(Cc3c(C)noc3C)CC2)s1. The molecule has 24 heavy (non-hydrogen) atoms. The Balaban J connectivity index is 1.64. The van der Waals surface area contributed by atoms with E-state index in [9.17, 15) is 8.42 Å². The lowest BCUT2D eigenvalue weighted by Crippen LogP contribution is -2.48. The van der Waals surface area contributed by atoms with Gasteiger partial charge in [0, 0.05) is 43.2 Å². The maximum Gasteiger partial charge on any atom is 0.252 e. The van der Waals surface area contributed by atoms with Crippen LogP contribution in [-0.2, 0) is 23.0 Å². The van der Waals surface area contributed by atoms with E-state index in [0.29, 0.717) is 17.3 Å². The molecule has 1 saturated heterocycles. The summed E-state index contributed by atoms with van der Waals surface area (Å²) in [5, 5.41) is 3.98. The summed E-state index contributed by atoms with van der Waals surface area (Å²) in [4.78, 5) is 3.36. The largest absolute Gasteiger partial charge is 0.361 e. The molecule has 0 aliphatic carbocycles. The van der Waals surface area contributed by atoms with E-state index in [4.69, 9.17) is 4.52 Å². The number of sulfonamides is 1. The third-order valence-electron chi connectivity index (χ3n) is 4.47. The quantitative estimate of drug-likeness (QED) is 0.810. The summed E-state index contributed by atoms with van der Waals surface area (Å²) >= 11 is 1.38. The van der Waals surface area contributed by atoms with E-state index in [1.54, 1.807) is 10.4 Å². The molecule has 1 fully saturated rings. The van der Waals surface area contributed by atoms with Gasteiger partial charge in [0.05, 0.1) is 5.69 Å². The Morgan fingerprint density at radius 3 is 2.46 bits per heavy atom. The van der Waals surface area contributed by atoms with Crippen LogP contribution in [0.4, 0.5) is 0 Å². The molecule has 0 saturated carbocycles. The zero-order chi connectivity index (χ0) is 17.3. The van der Waals surface area contributed by atoms with Crippen molar-refractivity contribution in [2.45, 2.75) is 37.9 Å². The molecule has 3 heterocycles. The second-order valence-corrected chi connectivity index (χ2v) is 9.39. The number of rotatable bonds is 5. The average molecular weight is 370 g/mol. The van der Waals surface area contributed by atoms with Crippen LogP contribution in [0.25, 0.3) is 0 Å². The van der Waals surface area contributed by atoms with Gasteiger partial charge in [-0.2, -0.15) is 4.31 Å². The summed E-state index contributed by atoms with van der Waals surface area (Å²) in [6.07, 6.45) is 0.866. The third kappa shape index (κ3) is 3.42. The van der Waals surface area contributed by atoms with E-state index in [-0.39, 0.29) is 0 Å². The predicted octanol–water partition coefficient (Wildman–Crippen LogP) is 2.42. The van der Waals surface area contributed by atoms with Crippen molar-refractivity contribution in [1.29, 1.82) is 0 Å². The number of nitrogens with zero attached hydrogens (tertiary/aromatic N) is 3. The van der Waals surface area contributed by atoms with Crippen LogP contribution in [-0.4, -0.2) is 49.0 Å². The van der Waals surface area contributed by atoms with Crippen LogP contribution < -0.4 is 0 Å². The minimum atomic E-state index is -3.36. The lowest BCUT2D eigenvalue weighted by Gasteiger charge is -2.33. The molecule has 0 spiro atoms. The molecule has 2 aromatic rings. The van der Waals surface area contributed by atoms with Gasteiger partial charge in [0.25, 0.3) is 10.0 Å². The molecule has 2 aromatic heterocycles. The fourth-order valence-corrected chi connectivity index (χ4v) is 5.77. The fraction of sp³-hybridized carbons (Fsp3) is 0.562. The molecule has 0 atom stereocenters. The van der Waals surface area contributed by atoms with Gasteiger partial charge >= 0.3 is 0 Å². The first-order chi connectivity index (χ1) is 11.4. The number of hydrogen-bond acceptors (Lipinski definition) is 6. The van der Waals surface area contributed by atoms with Crippen LogP contribution in [0.5, 0.6) is 0 Å². The zero-order valence-electron chi connectivity index (χ0n) is 14.3. The van der Waals surface area contributed by atoms with Gasteiger partial charge in [-0.15, -0.1) is 11.3 Å². The molecule has 6 nitrogen and oxygen atoms in total. The summed E-state index contributed by atoms with van der Waals surface area (Å²) in [7, 11) is -3.36. The van der Waals surface area contributed by atoms with Gasteiger partial charge in [0.2, 0.25) is 0 Å². The van der Waals surface area contributed by atoms with Crippen LogP contribution in [0.15, 0.2) is 20.9 Å². The Morgan fingerprint density at radius 2 is 1.92 bits per heavy atom. The van der Waals surface area contributed by atoms with Crippen molar-refractivity contribution in [3.05, 3.63) is 34.0 Å². The summed E-state index contributed by atoms with van der Waals surface area (Å²) in [5.41, 5.74) is 2.02. The first-order valence-corrected chi connectivity index (χ1v) is 10.4. The maximum absolute atomic E-state index is 12.7. The smallest absolute Gasteiger partial charge is 0.252 e. The van der Waals surface area contributed by atoms with Gasteiger partial charge in [-0.1, -0.05) is 12.1 Å². The second-order valence-electron chi connectivity index (χ2n) is 6.06. The highest BCUT2D eigenvalue weighted by atomic mass is 32.2. The highest BCUT2D eigenvalue weighted by molar-refractivity contribution is 7.91. The maximum atomic E-state index is 12.7. The standard InChI is InChI=1S/C16H23N3O3S2/c1-4-14-5-6-16(23-14)24(20,21)19-9-7-18(8-10-19)11-15-12(2)17-22-13(15)3/h5-6H,4,7-11H2,1-3H3. The van der Waals surface area contributed by atoms with E-state index in [2.05, 4.69) is 10.1 Å². The van der Waals surface area contributed by atoms with E-state index >= 15 is 0 Å². The van der Waals surface area contributed by atoms with Crippen molar-refractivity contribution in [1.82, 2.24) is 14.4 Å². The Kier molecular flexibility index (Phi) is 5.10. The molecule has 0 unspecified atom stereocenters. The number of aryl methyl sites for hydroxylation is 3.